The number of nitrogens with two attached hydrogens (primary N) is 1. The maximum Gasteiger partial charge on any atom is 0.220 e. The molecule has 1 fully saturated rings. The molecule has 0 spiro atoms. The van der Waals surface area contributed by atoms with Crippen LogP contribution in [0.5, 0.6) is 0 Å². The summed E-state index contributed by atoms with van der Waals surface area (Å²) in [4.78, 5) is 11.5. The van der Waals surface area contributed by atoms with Crippen molar-refractivity contribution in [3.8, 4) is 0 Å². The molecule has 15 heavy (non-hydrogen) atoms. The van der Waals surface area contributed by atoms with Crippen LogP contribution < -0.4 is 11.1 Å². The summed E-state index contributed by atoms with van der Waals surface area (Å²) in [5.74, 6) is 0.162. The van der Waals surface area contributed by atoms with Gasteiger partial charge in [0.05, 0.1) is 0 Å². The standard InChI is InChI=1S/C12H24N2O/c1-3-6-12(7-8-12)9-14-11(15)5-4-10(2)13/h10H,3-9,13H2,1-2H3,(H,14,15). The molecule has 1 amide bonds. The summed E-state index contributed by atoms with van der Waals surface area (Å²) in [6.45, 7) is 5.02. The summed E-state index contributed by atoms with van der Waals surface area (Å²) in [7, 11) is 0. The van der Waals surface area contributed by atoms with Crippen molar-refractivity contribution >= 4 is 5.91 Å². The van der Waals surface area contributed by atoms with E-state index in [2.05, 4.69) is 12.2 Å². The minimum Gasteiger partial charge on any atom is -0.356 e. The Labute approximate surface area is 92.8 Å². The average Bonchev–Trinajstić information content (AvgIpc) is 2.93. The van der Waals surface area contributed by atoms with Crippen LogP contribution >= 0.6 is 0 Å². The highest BCUT2D eigenvalue weighted by atomic mass is 16.1. The second-order valence-electron chi connectivity index (χ2n) is 5.04. The van der Waals surface area contributed by atoms with E-state index < -0.39 is 0 Å². The first-order valence-corrected chi connectivity index (χ1v) is 6.10. The van der Waals surface area contributed by atoms with Crippen LogP contribution in [0.2, 0.25) is 0 Å². The fraction of sp³-hybridized carbons (Fsp3) is 0.917. The van der Waals surface area contributed by atoms with Crippen LogP contribution in [0.15, 0.2) is 0 Å². The van der Waals surface area contributed by atoms with Gasteiger partial charge >= 0.3 is 0 Å². The molecule has 1 saturated carbocycles. The maximum atomic E-state index is 11.5. The van der Waals surface area contributed by atoms with Gasteiger partial charge in [-0.2, -0.15) is 0 Å². The lowest BCUT2D eigenvalue weighted by molar-refractivity contribution is -0.121. The van der Waals surface area contributed by atoms with Crippen LogP contribution in [0, 0.1) is 5.41 Å². The van der Waals surface area contributed by atoms with Gasteiger partial charge in [-0.15, -0.1) is 0 Å². The molecule has 0 aromatic carbocycles. The molecular formula is C12H24N2O. The van der Waals surface area contributed by atoms with Crippen molar-refractivity contribution in [3.05, 3.63) is 0 Å². The molecule has 1 unspecified atom stereocenters. The third-order valence-electron chi connectivity index (χ3n) is 3.22. The predicted molar refractivity (Wildman–Crippen MR) is 62.5 cm³/mol. The Balaban J connectivity index is 2.11. The molecule has 3 N–H and O–H groups in total. The number of nitrogens with one attached hydrogen (secondary N) is 1. The molecule has 0 heterocycles. The SMILES string of the molecule is CCCC1(CNC(=O)CCC(C)N)CC1. The first kappa shape index (κ1) is 12.5. The van der Waals surface area contributed by atoms with Crippen molar-refractivity contribution < 1.29 is 4.79 Å². The van der Waals surface area contributed by atoms with Gasteiger partial charge in [-0.1, -0.05) is 13.3 Å². The van der Waals surface area contributed by atoms with Gasteiger partial charge in [-0.05, 0) is 38.0 Å². The minimum absolute atomic E-state index is 0.126. The van der Waals surface area contributed by atoms with E-state index in [0.29, 0.717) is 11.8 Å². The fourth-order valence-electron chi connectivity index (χ4n) is 1.96. The fourth-order valence-corrected chi connectivity index (χ4v) is 1.96. The third kappa shape index (κ3) is 4.65. The van der Waals surface area contributed by atoms with E-state index in [9.17, 15) is 4.79 Å². The van der Waals surface area contributed by atoms with Crippen molar-refractivity contribution in [3.63, 3.8) is 0 Å². The highest BCUT2D eigenvalue weighted by Gasteiger charge is 2.41. The average molecular weight is 212 g/mol. The van der Waals surface area contributed by atoms with Gasteiger partial charge in [-0.25, -0.2) is 0 Å². The highest BCUT2D eigenvalue weighted by molar-refractivity contribution is 5.75. The normalized spacial score (nSPS) is 19.7. The number of carbonyl (C=O) groups excluding carboxylic acids is 1. The van der Waals surface area contributed by atoms with Gasteiger partial charge in [0.15, 0.2) is 0 Å². The number of hydrogen-bond acceptors (Lipinski definition) is 2. The molecular weight excluding hydrogens is 188 g/mol. The van der Waals surface area contributed by atoms with E-state index in [1.807, 2.05) is 6.92 Å². The number of amides is 1. The Morgan fingerprint density at radius 1 is 1.53 bits per heavy atom. The van der Waals surface area contributed by atoms with Crippen LogP contribution in [-0.2, 0) is 4.79 Å². The molecule has 0 aromatic heterocycles. The van der Waals surface area contributed by atoms with Crippen molar-refractivity contribution in [2.75, 3.05) is 6.54 Å². The van der Waals surface area contributed by atoms with Crippen LogP contribution in [0.1, 0.15) is 52.4 Å². The molecule has 3 heteroatoms. The van der Waals surface area contributed by atoms with E-state index in [-0.39, 0.29) is 11.9 Å². The molecule has 1 rings (SSSR count). The van der Waals surface area contributed by atoms with Gasteiger partial charge < -0.3 is 11.1 Å². The van der Waals surface area contributed by atoms with Crippen molar-refractivity contribution in [2.45, 2.75) is 58.4 Å². The molecule has 0 aromatic rings. The molecule has 1 aliphatic carbocycles. The first-order chi connectivity index (χ1) is 7.08. The number of hydrogen-bond donors (Lipinski definition) is 2. The van der Waals surface area contributed by atoms with Crippen LogP contribution in [-0.4, -0.2) is 18.5 Å². The van der Waals surface area contributed by atoms with Gasteiger partial charge in [0, 0.05) is 19.0 Å². The van der Waals surface area contributed by atoms with E-state index in [1.165, 1.54) is 25.7 Å². The van der Waals surface area contributed by atoms with Crippen molar-refractivity contribution in [1.82, 2.24) is 5.32 Å². The molecule has 0 saturated heterocycles. The third-order valence-corrected chi connectivity index (χ3v) is 3.22. The minimum atomic E-state index is 0.126. The smallest absolute Gasteiger partial charge is 0.220 e. The topological polar surface area (TPSA) is 55.1 Å². The Morgan fingerprint density at radius 2 is 2.20 bits per heavy atom. The summed E-state index contributed by atoms with van der Waals surface area (Å²) in [5, 5.41) is 3.03. The zero-order valence-electron chi connectivity index (χ0n) is 10.0. The largest absolute Gasteiger partial charge is 0.356 e. The first-order valence-electron chi connectivity index (χ1n) is 6.10. The summed E-state index contributed by atoms with van der Waals surface area (Å²) >= 11 is 0. The second kappa shape index (κ2) is 5.50. The van der Waals surface area contributed by atoms with E-state index in [4.69, 9.17) is 5.73 Å². The van der Waals surface area contributed by atoms with Crippen LogP contribution in [0.25, 0.3) is 0 Å². The van der Waals surface area contributed by atoms with Crippen molar-refractivity contribution in [2.24, 2.45) is 11.1 Å². The Hall–Kier alpha value is -0.570. The van der Waals surface area contributed by atoms with E-state index >= 15 is 0 Å². The lowest BCUT2D eigenvalue weighted by Crippen LogP contribution is -2.31. The maximum absolute atomic E-state index is 11.5. The quantitative estimate of drug-likeness (QED) is 0.676. The van der Waals surface area contributed by atoms with E-state index in [0.717, 1.165) is 13.0 Å². The van der Waals surface area contributed by atoms with Gasteiger partial charge in [0.25, 0.3) is 0 Å². The van der Waals surface area contributed by atoms with Gasteiger partial charge in [0.2, 0.25) is 5.91 Å². The molecule has 1 aliphatic rings. The van der Waals surface area contributed by atoms with Crippen LogP contribution in [0.4, 0.5) is 0 Å². The van der Waals surface area contributed by atoms with Crippen molar-refractivity contribution in [1.29, 1.82) is 0 Å². The summed E-state index contributed by atoms with van der Waals surface area (Å²) < 4.78 is 0. The monoisotopic (exact) mass is 212 g/mol. The lowest BCUT2D eigenvalue weighted by Gasteiger charge is -2.15. The van der Waals surface area contributed by atoms with E-state index in [1.54, 1.807) is 0 Å². The Bertz CT molecular complexity index is 210. The Morgan fingerprint density at radius 3 is 2.67 bits per heavy atom. The highest BCUT2D eigenvalue weighted by Crippen LogP contribution is 2.48. The lowest BCUT2D eigenvalue weighted by atomic mass is 10.0. The summed E-state index contributed by atoms with van der Waals surface area (Å²) in [6, 6.07) is 0.126. The number of carbonyl (C=O) groups is 1. The zero-order chi connectivity index (χ0) is 11.3. The van der Waals surface area contributed by atoms with Crippen LogP contribution in [0.3, 0.4) is 0 Å². The molecule has 88 valence electrons. The molecule has 0 bridgehead atoms. The zero-order valence-corrected chi connectivity index (χ0v) is 10.0. The summed E-state index contributed by atoms with van der Waals surface area (Å²) in [5.41, 5.74) is 6.06. The number of rotatable bonds is 7. The molecule has 0 aliphatic heterocycles. The van der Waals surface area contributed by atoms with Gasteiger partial charge in [-0.3, -0.25) is 4.79 Å². The molecule has 0 radical (unpaired) electrons. The second-order valence-corrected chi connectivity index (χ2v) is 5.04. The molecule has 1 atom stereocenters. The summed E-state index contributed by atoms with van der Waals surface area (Å²) in [6.07, 6.45) is 6.39. The Kier molecular flexibility index (Phi) is 4.58. The van der Waals surface area contributed by atoms with Gasteiger partial charge in [0.1, 0.15) is 0 Å². The molecule has 3 nitrogen and oxygen atoms in total. The predicted octanol–water partition coefficient (Wildman–Crippen LogP) is 1.81.